The lowest BCUT2D eigenvalue weighted by molar-refractivity contribution is 0.202. The van der Waals surface area contributed by atoms with Crippen LogP contribution < -0.4 is 5.32 Å². The zero-order valence-electron chi connectivity index (χ0n) is 9.51. The van der Waals surface area contributed by atoms with Crippen LogP contribution in [-0.4, -0.2) is 37.1 Å². The molecule has 13 heavy (non-hydrogen) atoms. The van der Waals surface area contributed by atoms with Gasteiger partial charge in [-0.3, -0.25) is 4.90 Å². The van der Waals surface area contributed by atoms with Crippen molar-refractivity contribution in [1.82, 2.24) is 10.2 Å². The average Bonchev–Trinajstić information content (AvgIpc) is 2.89. The first-order valence-electron chi connectivity index (χ1n) is 5.60. The molecule has 2 nitrogen and oxygen atoms in total. The van der Waals surface area contributed by atoms with E-state index in [4.69, 9.17) is 0 Å². The summed E-state index contributed by atoms with van der Waals surface area (Å²) in [6.45, 7) is 9.20. The van der Waals surface area contributed by atoms with Crippen LogP contribution in [0.1, 0.15) is 33.6 Å². The monoisotopic (exact) mass is 184 g/mol. The summed E-state index contributed by atoms with van der Waals surface area (Å²) in [6.07, 6.45) is 2.86. The maximum atomic E-state index is 3.44. The second-order valence-electron chi connectivity index (χ2n) is 4.41. The van der Waals surface area contributed by atoms with Crippen LogP contribution in [-0.2, 0) is 0 Å². The fourth-order valence-corrected chi connectivity index (χ4v) is 1.93. The van der Waals surface area contributed by atoms with Crippen molar-refractivity contribution >= 4 is 0 Å². The zero-order valence-corrected chi connectivity index (χ0v) is 9.51. The van der Waals surface area contributed by atoms with E-state index < -0.39 is 0 Å². The molecule has 0 amide bonds. The van der Waals surface area contributed by atoms with Crippen LogP contribution in [0.2, 0.25) is 0 Å². The Labute approximate surface area is 82.7 Å². The highest BCUT2D eigenvalue weighted by Crippen LogP contribution is 2.32. The molecule has 1 aliphatic carbocycles. The van der Waals surface area contributed by atoms with E-state index in [1.54, 1.807) is 0 Å². The fraction of sp³-hybridized carbons (Fsp3) is 1.00. The van der Waals surface area contributed by atoms with Gasteiger partial charge >= 0.3 is 0 Å². The SMILES string of the molecule is CCN(CC(NC)C1CC1)C(C)C. The van der Waals surface area contributed by atoms with Gasteiger partial charge < -0.3 is 5.32 Å². The first-order valence-corrected chi connectivity index (χ1v) is 5.60. The van der Waals surface area contributed by atoms with Crippen molar-refractivity contribution in [3.8, 4) is 0 Å². The minimum absolute atomic E-state index is 0.680. The van der Waals surface area contributed by atoms with Gasteiger partial charge in [-0.05, 0) is 46.2 Å². The third-order valence-corrected chi connectivity index (χ3v) is 3.13. The van der Waals surface area contributed by atoms with E-state index in [1.165, 1.54) is 25.9 Å². The molecule has 1 atom stereocenters. The lowest BCUT2D eigenvalue weighted by Gasteiger charge is -2.29. The van der Waals surface area contributed by atoms with Gasteiger partial charge in [0, 0.05) is 18.6 Å². The van der Waals surface area contributed by atoms with Crippen LogP contribution in [0.5, 0.6) is 0 Å². The largest absolute Gasteiger partial charge is 0.315 e. The van der Waals surface area contributed by atoms with E-state index in [0.29, 0.717) is 6.04 Å². The number of hydrogen-bond acceptors (Lipinski definition) is 2. The van der Waals surface area contributed by atoms with Gasteiger partial charge in [-0.25, -0.2) is 0 Å². The van der Waals surface area contributed by atoms with Crippen LogP contribution in [0.15, 0.2) is 0 Å². The van der Waals surface area contributed by atoms with Crippen molar-refractivity contribution in [2.75, 3.05) is 20.1 Å². The van der Waals surface area contributed by atoms with Gasteiger partial charge in [0.1, 0.15) is 0 Å². The van der Waals surface area contributed by atoms with Crippen LogP contribution in [0, 0.1) is 5.92 Å². The highest BCUT2D eigenvalue weighted by atomic mass is 15.2. The molecule has 1 rings (SSSR count). The Balaban J connectivity index is 2.33. The highest BCUT2D eigenvalue weighted by Gasteiger charge is 2.31. The third kappa shape index (κ3) is 3.28. The van der Waals surface area contributed by atoms with Crippen LogP contribution in [0.3, 0.4) is 0 Å². The minimum Gasteiger partial charge on any atom is -0.315 e. The zero-order chi connectivity index (χ0) is 9.84. The lowest BCUT2D eigenvalue weighted by Crippen LogP contribution is -2.43. The number of rotatable bonds is 6. The van der Waals surface area contributed by atoms with Crippen molar-refractivity contribution < 1.29 is 0 Å². The molecule has 0 aromatic rings. The third-order valence-electron chi connectivity index (χ3n) is 3.13. The van der Waals surface area contributed by atoms with Gasteiger partial charge in [0.15, 0.2) is 0 Å². The molecule has 0 radical (unpaired) electrons. The molecule has 78 valence electrons. The molecule has 1 saturated carbocycles. The Bertz CT molecular complexity index is 133. The predicted octanol–water partition coefficient (Wildman–Crippen LogP) is 1.71. The van der Waals surface area contributed by atoms with Crippen molar-refractivity contribution in [3.05, 3.63) is 0 Å². The molecule has 1 fully saturated rings. The van der Waals surface area contributed by atoms with Gasteiger partial charge in [0.25, 0.3) is 0 Å². The van der Waals surface area contributed by atoms with Gasteiger partial charge in [0.05, 0.1) is 0 Å². The van der Waals surface area contributed by atoms with Crippen molar-refractivity contribution in [1.29, 1.82) is 0 Å². The van der Waals surface area contributed by atoms with E-state index in [2.05, 4.69) is 38.0 Å². The second-order valence-corrected chi connectivity index (χ2v) is 4.41. The molecule has 0 aromatic heterocycles. The number of nitrogens with one attached hydrogen (secondary N) is 1. The standard InChI is InChI=1S/C11H24N2/c1-5-13(9(2)3)8-11(12-4)10-6-7-10/h9-12H,5-8H2,1-4H3. The lowest BCUT2D eigenvalue weighted by atomic mass is 10.1. The smallest absolute Gasteiger partial charge is 0.0220 e. The molecule has 0 aliphatic heterocycles. The summed E-state index contributed by atoms with van der Waals surface area (Å²) in [5, 5.41) is 3.44. The molecule has 0 spiro atoms. The Morgan fingerprint density at radius 2 is 2.00 bits per heavy atom. The topological polar surface area (TPSA) is 15.3 Å². The molecular formula is C11H24N2. The summed E-state index contributed by atoms with van der Waals surface area (Å²) < 4.78 is 0. The molecule has 0 bridgehead atoms. The molecule has 1 unspecified atom stereocenters. The maximum absolute atomic E-state index is 3.44. The van der Waals surface area contributed by atoms with E-state index in [9.17, 15) is 0 Å². The van der Waals surface area contributed by atoms with Crippen molar-refractivity contribution in [2.24, 2.45) is 5.92 Å². The predicted molar refractivity (Wildman–Crippen MR) is 58.0 cm³/mol. The molecule has 1 N–H and O–H groups in total. The van der Waals surface area contributed by atoms with Crippen molar-refractivity contribution in [3.63, 3.8) is 0 Å². The average molecular weight is 184 g/mol. The number of nitrogens with zero attached hydrogens (tertiary/aromatic N) is 1. The summed E-state index contributed by atoms with van der Waals surface area (Å²) in [5.74, 6) is 0.956. The number of hydrogen-bond donors (Lipinski definition) is 1. The van der Waals surface area contributed by atoms with Gasteiger partial charge in [-0.2, -0.15) is 0 Å². The quantitative estimate of drug-likeness (QED) is 0.676. The summed E-state index contributed by atoms with van der Waals surface area (Å²) in [4.78, 5) is 2.54. The Morgan fingerprint density at radius 3 is 2.31 bits per heavy atom. The van der Waals surface area contributed by atoms with Crippen LogP contribution in [0.25, 0.3) is 0 Å². The Morgan fingerprint density at radius 1 is 1.38 bits per heavy atom. The summed E-state index contributed by atoms with van der Waals surface area (Å²) in [5.41, 5.74) is 0. The van der Waals surface area contributed by atoms with E-state index >= 15 is 0 Å². The molecule has 0 heterocycles. The molecular weight excluding hydrogens is 160 g/mol. The molecule has 0 aromatic carbocycles. The van der Waals surface area contributed by atoms with Gasteiger partial charge in [0.2, 0.25) is 0 Å². The maximum Gasteiger partial charge on any atom is 0.0220 e. The summed E-state index contributed by atoms with van der Waals surface area (Å²) >= 11 is 0. The second kappa shape index (κ2) is 4.97. The first-order chi connectivity index (χ1) is 6.19. The van der Waals surface area contributed by atoms with Gasteiger partial charge in [-0.15, -0.1) is 0 Å². The van der Waals surface area contributed by atoms with Crippen LogP contribution in [0.4, 0.5) is 0 Å². The highest BCUT2D eigenvalue weighted by molar-refractivity contribution is 4.87. The summed E-state index contributed by atoms with van der Waals surface area (Å²) in [6, 6.07) is 1.40. The van der Waals surface area contributed by atoms with E-state index in [-0.39, 0.29) is 0 Å². The molecule has 2 heteroatoms. The first kappa shape index (κ1) is 11.0. The fourth-order valence-electron chi connectivity index (χ4n) is 1.93. The Kier molecular flexibility index (Phi) is 4.20. The molecule has 0 saturated heterocycles. The summed E-state index contributed by atoms with van der Waals surface area (Å²) in [7, 11) is 2.09. The van der Waals surface area contributed by atoms with Crippen LogP contribution >= 0.6 is 0 Å². The minimum atomic E-state index is 0.680. The molecule has 1 aliphatic rings. The van der Waals surface area contributed by atoms with E-state index in [1.807, 2.05) is 0 Å². The number of likely N-dealkylation sites (N-methyl/N-ethyl adjacent to an activating group) is 2. The van der Waals surface area contributed by atoms with Crippen molar-refractivity contribution in [2.45, 2.75) is 45.7 Å². The Hall–Kier alpha value is -0.0800. The normalized spacial score (nSPS) is 19.8. The van der Waals surface area contributed by atoms with E-state index in [0.717, 1.165) is 12.0 Å². The van der Waals surface area contributed by atoms with Gasteiger partial charge in [-0.1, -0.05) is 6.92 Å².